The molecule has 26 heavy (non-hydrogen) atoms. The summed E-state index contributed by atoms with van der Waals surface area (Å²) >= 11 is 0. The van der Waals surface area contributed by atoms with Gasteiger partial charge in [0.1, 0.15) is 11.5 Å². The zero-order chi connectivity index (χ0) is 18.3. The van der Waals surface area contributed by atoms with E-state index in [0.717, 1.165) is 29.0 Å². The van der Waals surface area contributed by atoms with Crippen molar-refractivity contribution in [2.24, 2.45) is 5.92 Å². The number of fused-ring (bicyclic) bond motifs is 3. The van der Waals surface area contributed by atoms with Crippen LogP contribution < -0.4 is 14.8 Å². The predicted octanol–water partition coefficient (Wildman–Crippen LogP) is 4.44. The van der Waals surface area contributed by atoms with Crippen LogP contribution in [-0.2, 0) is 0 Å². The Morgan fingerprint density at radius 3 is 2.77 bits per heavy atom. The van der Waals surface area contributed by atoms with Crippen LogP contribution in [0.5, 0.6) is 11.5 Å². The number of hydrogen-bond acceptors (Lipinski definition) is 5. The van der Waals surface area contributed by atoms with Gasteiger partial charge in [-0.1, -0.05) is 24.3 Å². The highest BCUT2D eigenvalue weighted by molar-refractivity contribution is 5.71. The maximum Gasteiger partial charge on any atom is 0.273 e. The Hall–Kier alpha value is -3.02. The molecule has 6 heteroatoms. The van der Waals surface area contributed by atoms with Crippen LogP contribution in [0.2, 0.25) is 0 Å². The molecule has 0 fully saturated rings. The quantitative estimate of drug-likeness (QED) is 0.500. The van der Waals surface area contributed by atoms with E-state index in [4.69, 9.17) is 9.47 Å². The van der Waals surface area contributed by atoms with E-state index in [1.807, 2.05) is 18.2 Å². The van der Waals surface area contributed by atoms with E-state index in [0.29, 0.717) is 11.7 Å². The minimum absolute atomic E-state index is 0.0567. The van der Waals surface area contributed by atoms with Crippen LogP contribution in [0.25, 0.3) is 0 Å². The zero-order valence-corrected chi connectivity index (χ0v) is 14.6. The number of non-ortho nitro benzene ring substituents is 1. The lowest BCUT2D eigenvalue weighted by molar-refractivity contribution is -0.385. The third kappa shape index (κ3) is 2.58. The summed E-state index contributed by atoms with van der Waals surface area (Å²) in [6.45, 7) is 0. The van der Waals surface area contributed by atoms with Crippen LogP contribution in [-0.4, -0.2) is 19.1 Å². The summed E-state index contributed by atoms with van der Waals surface area (Å²) in [7, 11) is 3.20. The molecular formula is C20H20N2O4. The summed E-state index contributed by atoms with van der Waals surface area (Å²) < 4.78 is 10.8. The van der Waals surface area contributed by atoms with Gasteiger partial charge in [-0.3, -0.25) is 10.1 Å². The molecule has 0 saturated carbocycles. The van der Waals surface area contributed by atoms with Gasteiger partial charge in [0.15, 0.2) is 0 Å². The van der Waals surface area contributed by atoms with E-state index in [-0.39, 0.29) is 22.6 Å². The first-order chi connectivity index (χ1) is 12.6. The third-order valence-corrected chi connectivity index (χ3v) is 5.30. The number of hydrogen-bond donors (Lipinski definition) is 1. The Kier molecular flexibility index (Phi) is 4.03. The fourth-order valence-electron chi connectivity index (χ4n) is 4.08. The molecule has 0 saturated heterocycles. The van der Waals surface area contributed by atoms with Crippen LogP contribution in [0, 0.1) is 16.0 Å². The molecule has 0 aromatic heterocycles. The van der Waals surface area contributed by atoms with E-state index in [1.54, 1.807) is 13.2 Å². The fraction of sp³-hybridized carbons (Fsp3) is 0.300. The molecule has 0 bridgehead atoms. The summed E-state index contributed by atoms with van der Waals surface area (Å²) in [5.41, 5.74) is 2.95. The number of nitrogens with one attached hydrogen (secondary N) is 1. The van der Waals surface area contributed by atoms with E-state index in [9.17, 15) is 10.1 Å². The second-order valence-corrected chi connectivity index (χ2v) is 6.62. The van der Waals surface area contributed by atoms with E-state index in [2.05, 4.69) is 23.5 Å². The number of nitro groups is 1. The highest BCUT2D eigenvalue weighted by Gasteiger charge is 2.40. The monoisotopic (exact) mass is 352 g/mol. The van der Waals surface area contributed by atoms with Gasteiger partial charge in [0.2, 0.25) is 0 Å². The third-order valence-electron chi connectivity index (χ3n) is 5.30. The number of benzene rings is 2. The van der Waals surface area contributed by atoms with Crippen LogP contribution in [0.3, 0.4) is 0 Å². The summed E-state index contributed by atoms with van der Waals surface area (Å²) in [6, 6.07) is 11.2. The Morgan fingerprint density at radius 2 is 2.04 bits per heavy atom. The van der Waals surface area contributed by atoms with Gasteiger partial charge in [0.05, 0.1) is 36.9 Å². The summed E-state index contributed by atoms with van der Waals surface area (Å²) in [5, 5.41) is 14.9. The van der Waals surface area contributed by atoms with Gasteiger partial charge in [-0.05, 0) is 35.6 Å². The lowest BCUT2D eigenvalue weighted by Crippen LogP contribution is -2.29. The average molecular weight is 352 g/mol. The zero-order valence-electron chi connectivity index (χ0n) is 14.6. The van der Waals surface area contributed by atoms with E-state index < -0.39 is 0 Å². The maximum absolute atomic E-state index is 11.3. The lowest BCUT2D eigenvalue weighted by Gasteiger charge is -2.38. The summed E-state index contributed by atoms with van der Waals surface area (Å²) in [4.78, 5) is 10.9. The van der Waals surface area contributed by atoms with Crippen molar-refractivity contribution in [1.82, 2.24) is 0 Å². The molecule has 1 aliphatic heterocycles. The molecule has 4 rings (SSSR count). The molecule has 1 aliphatic carbocycles. The topological polar surface area (TPSA) is 73.6 Å². The molecule has 0 spiro atoms. The smallest absolute Gasteiger partial charge is 0.273 e. The Bertz CT molecular complexity index is 893. The van der Waals surface area contributed by atoms with Crippen molar-refractivity contribution in [1.29, 1.82) is 0 Å². The van der Waals surface area contributed by atoms with Crippen molar-refractivity contribution in [2.75, 3.05) is 19.5 Å². The predicted molar refractivity (Wildman–Crippen MR) is 99.0 cm³/mol. The molecule has 3 atom stereocenters. The SMILES string of the molecule is COc1cccc([C@H]2Nc3c(OC)cc([N+](=O)[O-])cc3C3C=CCC32)c1. The van der Waals surface area contributed by atoms with Crippen molar-refractivity contribution < 1.29 is 14.4 Å². The van der Waals surface area contributed by atoms with Crippen molar-refractivity contribution in [3.8, 4) is 11.5 Å². The molecule has 0 amide bonds. The second-order valence-electron chi connectivity index (χ2n) is 6.62. The highest BCUT2D eigenvalue weighted by Crippen LogP contribution is 2.53. The van der Waals surface area contributed by atoms with Crippen molar-refractivity contribution in [3.05, 3.63) is 69.8 Å². The van der Waals surface area contributed by atoms with Gasteiger partial charge in [-0.15, -0.1) is 0 Å². The van der Waals surface area contributed by atoms with E-state index >= 15 is 0 Å². The standard InChI is InChI=1S/C20H20N2O4/c1-25-14-6-3-5-12(9-14)19-16-8-4-7-15(16)17-10-13(22(23)24)11-18(26-2)20(17)21-19/h3-7,9-11,15-16,19,21H,8H2,1-2H3/t15?,16?,19-/m1/s1. The Labute approximate surface area is 151 Å². The number of nitro benzene ring substituents is 1. The molecule has 0 radical (unpaired) electrons. The van der Waals surface area contributed by atoms with Gasteiger partial charge >= 0.3 is 0 Å². The van der Waals surface area contributed by atoms with Gasteiger partial charge in [-0.25, -0.2) is 0 Å². The lowest BCUT2D eigenvalue weighted by atomic mass is 9.76. The molecule has 2 aromatic carbocycles. The fourth-order valence-corrected chi connectivity index (χ4v) is 4.08. The molecule has 2 aromatic rings. The number of allylic oxidation sites excluding steroid dienone is 2. The van der Waals surface area contributed by atoms with Gasteiger partial charge in [0, 0.05) is 12.0 Å². The Balaban J connectivity index is 1.83. The van der Waals surface area contributed by atoms with Crippen LogP contribution in [0.15, 0.2) is 48.6 Å². The maximum atomic E-state index is 11.3. The second kappa shape index (κ2) is 6.37. The number of anilines is 1. The number of rotatable bonds is 4. The number of methoxy groups -OCH3 is 2. The summed E-state index contributed by atoms with van der Waals surface area (Å²) in [6.07, 6.45) is 5.23. The van der Waals surface area contributed by atoms with Crippen molar-refractivity contribution >= 4 is 11.4 Å². The molecule has 134 valence electrons. The normalized spacial score (nSPS) is 22.9. The van der Waals surface area contributed by atoms with Crippen LogP contribution >= 0.6 is 0 Å². The number of ether oxygens (including phenoxy) is 2. The van der Waals surface area contributed by atoms with Crippen molar-refractivity contribution in [2.45, 2.75) is 18.4 Å². The minimum atomic E-state index is -0.370. The summed E-state index contributed by atoms with van der Waals surface area (Å²) in [5.74, 6) is 1.73. The first-order valence-electron chi connectivity index (χ1n) is 8.56. The first kappa shape index (κ1) is 16.4. The van der Waals surface area contributed by atoms with Crippen molar-refractivity contribution in [3.63, 3.8) is 0 Å². The largest absolute Gasteiger partial charge is 0.497 e. The first-order valence-corrected chi connectivity index (χ1v) is 8.56. The van der Waals surface area contributed by atoms with Gasteiger partial charge in [-0.2, -0.15) is 0 Å². The van der Waals surface area contributed by atoms with Crippen LogP contribution in [0.4, 0.5) is 11.4 Å². The molecular weight excluding hydrogens is 332 g/mol. The Morgan fingerprint density at radius 1 is 1.19 bits per heavy atom. The molecule has 2 aliphatic rings. The molecule has 1 N–H and O–H groups in total. The molecule has 2 unspecified atom stereocenters. The van der Waals surface area contributed by atoms with Crippen LogP contribution in [0.1, 0.15) is 29.5 Å². The van der Waals surface area contributed by atoms with E-state index in [1.165, 1.54) is 13.2 Å². The van der Waals surface area contributed by atoms with Gasteiger partial charge in [0.25, 0.3) is 5.69 Å². The van der Waals surface area contributed by atoms with Gasteiger partial charge < -0.3 is 14.8 Å². The molecule has 1 heterocycles. The molecule has 6 nitrogen and oxygen atoms in total. The minimum Gasteiger partial charge on any atom is -0.497 e. The number of nitrogens with zero attached hydrogens (tertiary/aromatic N) is 1. The average Bonchev–Trinajstić information content (AvgIpc) is 3.16. The highest BCUT2D eigenvalue weighted by atomic mass is 16.6.